The van der Waals surface area contributed by atoms with Gasteiger partial charge in [-0.15, -0.1) is 0 Å². The Kier molecular flexibility index (Phi) is 3.82. The molecular weight excluding hydrogens is 288 g/mol. The van der Waals surface area contributed by atoms with Crippen molar-refractivity contribution in [1.29, 1.82) is 0 Å². The molecule has 4 nitrogen and oxygen atoms in total. The molecule has 3 rings (SSSR count). The van der Waals surface area contributed by atoms with Crippen molar-refractivity contribution in [2.75, 3.05) is 6.86 Å². The van der Waals surface area contributed by atoms with Crippen molar-refractivity contribution in [3.8, 4) is 28.5 Å². The summed E-state index contributed by atoms with van der Waals surface area (Å²) >= 11 is 0. The number of aromatic nitrogens is 3. The van der Waals surface area contributed by atoms with Crippen molar-refractivity contribution in [2.45, 2.75) is 6.92 Å². The molecule has 0 radical (unpaired) electrons. The van der Waals surface area contributed by atoms with Gasteiger partial charge in [0, 0.05) is 11.1 Å². The number of halogens is 2. The van der Waals surface area contributed by atoms with Crippen LogP contribution in [0.25, 0.3) is 22.8 Å². The Hall–Kier alpha value is -2.76. The number of alkyl halides is 1. The molecule has 0 aliphatic rings. The summed E-state index contributed by atoms with van der Waals surface area (Å²) in [4.78, 5) is 4.36. The molecule has 0 amide bonds. The number of benzene rings is 2. The Labute approximate surface area is 125 Å². The predicted octanol–water partition coefficient (Wildman–Crippen LogP) is 3.89. The van der Waals surface area contributed by atoms with Gasteiger partial charge < -0.3 is 4.74 Å². The topological polar surface area (TPSA) is 50.8 Å². The first-order valence-corrected chi connectivity index (χ1v) is 6.65. The van der Waals surface area contributed by atoms with Crippen LogP contribution >= 0.6 is 0 Å². The van der Waals surface area contributed by atoms with Gasteiger partial charge in [0.25, 0.3) is 0 Å². The van der Waals surface area contributed by atoms with Gasteiger partial charge in [0.2, 0.25) is 6.86 Å². The van der Waals surface area contributed by atoms with Crippen molar-refractivity contribution >= 4 is 0 Å². The quantitative estimate of drug-likeness (QED) is 0.795. The molecular formula is C16H13F2N3O. The van der Waals surface area contributed by atoms with E-state index in [0.29, 0.717) is 17.2 Å². The van der Waals surface area contributed by atoms with E-state index in [0.717, 1.165) is 11.1 Å². The summed E-state index contributed by atoms with van der Waals surface area (Å²) in [5, 5.41) is 6.92. The van der Waals surface area contributed by atoms with Gasteiger partial charge in [0.05, 0.1) is 0 Å². The number of nitrogens with one attached hydrogen (secondary N) is 1. The zero-order valence-corrected chi connectivity index (χ0v) is 11.8. The first kappa shape index (κ1) is 14.2. The van der Waals surface area contributed by atoms with Crippen molar-refractivity contribution in [3.05, 3.63) is 53.8 Å². The van der Waals surface area contributed by atoms with Crippen molar-refractivity contribution in [1.82, 2.24) is 15.2 Å². The van der Waals surface area contributed by atoms with E-state index in [2.05, 4.69) is 19.9 Å². The molecule has 0 bridgehead atoms. The molecule has 0 saturated carbocycles. The minimum atomic E-state index is -1.07. The standard InChI is InChI=1S/C16H13F2N3O/c1-10-3-2-4-11(7-10)15-19-16(21-20-15)12-5-6-14(22-9-17)13(18)8-12/h2-8H,9H2,1H3,(H,19,20,21). The van der Waals surface area contributed by atoms with Crippen LogP contribution in [0.2, 0.25) is 0 Å². The number of rotatable bonds is 4. The molecule has 2 aromatic carbocycles. The van der Waals surface area contributed by atoms with E-state index >= 15 is 0 Å². The molecule has 0 atom stereocenters. The summed E-state index contributed by atoms with van der Waals surface area (Å²) in [5.41, 5.74) is 2.48. The lowest BCUT2D eigenvalue weighted by atomic mass is 10.1. The molecule has 0 spiro atoms. The number of nitrogens with zero attached hydrogens (tertiary/aromatic N) is 2. The fraction of sp³-hybridized carbons (Fsp3) is 0.125. The van der Waals surface area contributed by atoms with Crippen LogP contribution in [0.5, 0.6) is 5.75 Å². The minimum absolute atomic E-state index is 0.135. The summed E-state index contributed by atoms with van der Waals surface area (Å²) in [6.07, 6.45) is 0. The molecule has 0 aliphatic carbocycles. The van der Waals surface area contributed by atoms with E-state index in [-0.39, 0.29) is 5.75 Å². The minimum Gasteiger partial charge on any atom is -0.460 e. The normalized spacial score (nSPS) is 10.7. The number of hydrogen-bond acceptors (Lipinski definition) is 3. The van der Waals surface area contributed by atoms with E-state index in [1.165, 1.54) is 12.1 Å². The summed E-state index contributed by atoms with van der Waals surface area (Å²) in [5.74, 6) is 0.179. The van der Waals surface area contributed by atoms with Gasteiger partial charge in [0.15, 0.2) is 23.2 Å². The lowest BCUT2D eigenvalue weighted by Gasteiger charge is -2.03. The summed E-state index contributed by atoms with van der Waals surface area (Å²) < 4.78 is 30.4. The molecule has 1 N–H and O–H groups in total. The zero-order chi connectivity index (χ0) is 15.5. The second-order valence-electron chi connectivity index (χ2n) is 4.78. The summed E-state index contributed by atoms with van der Waals surface area (Å²) in [6.45, 7) is 0.909. The highest BCUT2D eigenvalue weighted by atomic mass is 19.1. The largest absolute Gasteiger partial charge is 0.460 e. The smallest absolute Gasteiger partial charge is 0.228 e. The molecule has 1 aromatic heterocycles. The van der Waals surface area contributed by atoms with Crippen molar-refractivity contribution < 1.29 is 13.5 Å². The van der Waals surface area contributed by atoms with Gasteiger partial charge in [-0.1, -0.05) is 23.8 Å². The Balaban J connectivity index is 1.92. The summed E-state index contributed by atoms with van der Waals surface area (Å²) in [7, 11) is 0. The maximum Gasteiger partial charge on any atom is 0.228 e. The Bertz CT molecular complexity index is 802. The van der Waals surface area contributed by atoms with Gasteiger partial charge >= 0.3 is 0 Å². The number of aromatic amines is 1. The average molecular weight is 301 g/mol. The second kappa shape index (κ2) is 5.93. The highest BCUT2D eigenvalue weighted by Gasteiger charge is 2.11. The molecule has 0 unspecified atom stereocenters. The lowest BCUT2D eigenvalue weighted by molar-refractivity contribution is 0.184. The monoisotopic (exact) mass is 301 g/mol. The van der Waals surface area contributed by atoms with Crippen LogP contribution in [0.15, 0.2) is 42.5 Å². The zero-order valence-electron chi connectivity index (χ0n) is 11.8. The van der Waals surface area contributed by atoms with Gasteiger partial charge in [-0.2, -0.15) is 5.10 Å². The van der Waals surface area contributed by atoms with E-state index in [1.807, 2.05) is 31.2 Å². The van der Waals surface area contributed by atoms with Crippen LogP contribution in [0.1, 0.15) is 5.56 Å². The van der Waals surface area contributed by atoms with Gasteiger partial charge in [-0.3, -0.25) is 5.10 Å². The lowest BCUT2D eigenvalue weighted by Crippen LogP contribution is -1.94. The maximum atomic E-state index is 13.8. The van der Waals surface area contributed by atoms with E-state index in [1.54, 1.807) is 6.07 Å². The van der Waals surface area contributed by atoms with Crippen molar-refractivity contribution in [2.24, 2.45) is 0 Å². The van der Waals surface area contributed by atoms with Gasteiger partial charge in [-0.25, -0.2) is 13.8 Å². The van der Waals surface area contributed by atoms with Crippen LogP contribution in [0.4, 0.5) is 8.78 Å². The third kappa shape index (κ3) is 2.81. The molecule has 6 heteroatoms. The van der Waals surface area contributed by atoms with E-state index in [9.17, 15) is 8.78 Å². The molecule has 22 heavy (non-hydrogen) atoms. The summed E-state index contributed by atoms with van der Waals surface area (Å²) in [6, 6.07) is 11.9. The third-order valence-electron chi connectivity index (χ3n) is 3.18. The Morgan fingerprint density at radius 3 is 2.73 bits per heavy atom. The first-order valence-electron chi connectivity index (χ1n) is 6.65. The van der Waals surface area contributed by atoms with Gasteiger partial charge in [-0.05, 0) is 31.2 Å². The van der Waals surface area contributed by atoms with Crippen LogP contribution in [0.3, 0.4) is 0 Å². The van der Waals surface area contributed by atoms with Gasteiger partial charge in [0.1, 0.15) is 0 Å². The van der Waals surface area contributed by atoms with Crippen LogP contribution in [0, 0.1) is 12.7 Å². The fourth-order valence-electron chi connectivity index (χ4n) is 2.13. The molecule has 0 aliphatic heterocycles. The number of ether oxygens (including phenoxy) is 1. The molecule has 0 fully saturated rings. The number of aryl methyl sites for hydroxylation is 1. The van der Waals surface area contributed by atoms with Crippen LogP contribution < -0.4 is 4.74 Å². The predicted molar refractivity (Wildman–Crippen MR) is 78.6 cm³/mol. The van der Waals surface area contributed by atoms with E-state index < -0.39 is 12.7 Å². The maximum absolute atomic E-state index is 13.8. The van der Waals surface area contributed by atoms with Crippen LogP contribution in [-0.2, 0) is 0 Å². The molecule has 3 aromatic rings. The highest BCUT2D eigenvalue weighted by Crippen LogP contribution is 2.25. The fourth-order valence-corrected chi connectivity index (χ4v) is 2.13. The molecule has 0 saturated heterocycles. The highest BCUT2D eigenvalue weighted by molar-refractivity contribution is 5.62. The first-order chi connectivity index (χ1) is 10.7. The average Bonchev–Trinajstić information content (AvgIpc) is 2.99. The molecule has 1 heterocycles. The Morgan fingerprint density at radius 2 is 2.00 bits per heavy atom. The van der Waals surface area contributed by atoms with Crippen LogP contribution in [-0.4, -0.2) is 22.0 Å². The SMILES string of the molecule is Cc1cccc(-c2n[nH]c(-c3ccc(OCF)c(F)c3)n2)c1. The number of H-pyrrole nitrogens is 1. The second-order valence-corrected chi connectivity index (χ2v) is 4.78. The van der Waals surface area contributed by atoms with Crippen molar-refractivity contribution in [3.63, 3.8) is 0 Å². The Morgan fingerprint density at radius 1 is 1.14 bits per heavy atom. The van der Waals surface area contributed by atoms with E-state index in [4.69, 9.17) is 0 Å². The third-order valence-corrected chi connectivity index (χ3v) is 3.18. The molecule has 112 valence electrons. The number of hydrogen-bond donors (Lipinski definition) is 1.